The Hall–Kier alpha value is -1.88. The minimum atomic E-state index is -0.311. The summed E-state index contributed by atoms with van der Waals surface area (Å²) in [5, 5.41) is 0. The molecule has 4 atom stereocenters. The standard InChI is InChI=1S/C23H34O5/c1-14(2)9-8-12-23(4)16-11-10-15(3)27-20(16)19-17(28-23)13-18(24-5)21(25-6)22(19)26-7/h9,13,15-16,20H,8,10-12H2,1-7H3/t15-,16-,20-,23+/m1/s1. The van der Waals surface area contributed by atoms with Gasteiger partial charge in [0.05, 0.1) is 39.1 Å². The van der Waals surface area contributed by atoms with Crippen molar-refractivity contribution in [3.8, 4) is 23.0 Å². The van der Waals surface area contributed by atoms with Crippen LogP contribution in [0.3, 0.4) is 0 Å². The zero-order chi connectivity index (χ0) is 20.5. The van der Waals surface area contributed by atoms with Gasteiger partial charge >= 0.3 is 0 Å². The van der Waals surface area contributed by atoms with Crippen molar-refractivity contribution in [2.24, 2.45) is 5.92 Å². The lowest BCUT2D eigenvalue weighted by Crippen LogP contribution is -2.50. The molecule has 1 aromatic carbocycles. The van der Waals surface area contributed by atoms with Gasteiger partial charge in [-0.05, 0) is 53.4 Å². The van der Waals surface area contributed by atoms with Crippen molar-refractivity contribution in [2.75, 3.05) is 21.3 Å². The van der Waals surface area contributed by atoms with Crippen molar-refractivity contribution in [2.45, 2.75) is 71.2 Å². The molecule has 0 amide bonds. The fourth-order valence-electron chi connectivity index (χ4n) is 4.59. The second-order valence-electron chi connectivity index (χ2n) is 8.34. The second kappa shape index (κ2) is 8.24. The molecule has 2 aliphatic rings. The van der Waals surface area contributed by atoms with Gasteiger partial charge in [-0.15, -0.1) is 0 Å². The molecule has 5 nitrogen and oxygen atoms in total. The molecule has 28 heavy (non-hydrogen) atoms. The second-order valence-corrected chi connectivity index (χ2v) is 8.34. The predicted molar refractivity (Wildman–Crippen MR) is 110 cm³/mol. The molecule has 0 radical (unpaired) electrons. The molecule has 1 saturated heterocycles. The predicted octanol–water partition coefficient (Wildman–Crippen LogP) is 5.47. The van der Waals surface area contributed by atoms with E-state index >= 15 is 0 Å². The topological polar surface area (TPSA) is 46.2 Å². The highest BCUT2D eigenvalue weighted by atomic mass is 16.5. The average Bonchev–Trinajstić information content (AvgIpc) is 2.65. The van der Waals surface area contributed by atoms with Crippen LogP contribution >= 0.6 is 0 Å². The van der Waals surface area contributed by atoms with E-state index in [2.05, 4.69) is 33.8 Å². The Morgan fingerprint density at radius 1 is 1.14 bits per heavy atom. The molecule has 0 aromatic heterocycles. The molecule has 0 aliphatic carbocycles. The Balaban J connectivity index is 2.11. The van der Waals surface area contributed by atoms with Crippen molar-refractivity contribution in [3.05, 3.63) is 23.3 Å². The SMILES string of the molecule is COc1cc2c(c(OC)c1OC)[C@@H]1O[C@H](C)CC[C@H]1[C@](C)(CCC=C(C)C)O2. The molecule has 3 rings (SSSR count). The van der Waals surface area contributed by atoms with Crippen molar-refractivity contribution < 1.29 is 23.7 Å². The number of hydrogen-bond acceptors (Lipinski definition) is 5. The summed E-state index contributed by atoms with van der Waals surface area (Å²) < 4.78 is 30.1. The Morgan fingerprint density at radius 3 is 2.46 bits per heavy atom. The van der Waals surface area contributed by atoms with Crippen LogP contribution in [-0.2, 0) is 4.74 Å². The molecule has 5 heteroatoms. The Kier molecular flexibility index (Phi) is 6.13. The van der Waals surface area contributed by atoms with Gasteiger partial charge in [0.2, 0.25) is 5.75 Å². The van der Waals surface area contributed by atoms with Gasteiger partial charge in [-0.1, -0.05) is 11.6 Å². The fraction of sp³-hybridized carbons (Fsp3) is 0.652. The van der Waals surface area contributed by atoms with Gasteiger partial charge in [0.15, 0.2) is 11.5 Å². The van der Waals surface area contributed by atoms with E-state index in [0.29, 0.717) is 17.2 Å². The van der Waals surface area contributed by atoms with Crippen molar-refractivity contribution in [1.82, 2.24) is 0 Å². The Labute approximate surface area is 169 Å². The van der Waals surface area contributed by atoms with E-state index < -0.39 is 0 Å². The third kappa shape index (κ3) is 3.69. The van der Waals surface area contributed by atoms with Crippen LogP contribution in [-0.4, -0.2) is 33.0 Å². The van der Waals surface area contributed by atoms with E-state index in [4.69, 9.17) is 23.7 Å². The summed E-state index contributed by atoms with van der Waals surface area (Å²) in [6.07, 6.45) is 6.42. The Bertz CT molecular complexity index is 737. The number of fused-ring (bicyclic) bond motifs is 3. The summed E-state index contributed by atoms with van der Waals surface area (Å²) in [7, 11) is 4.91. The van der Waals surface area contributed by atoms with Crippen LogP contribution in [0.2, 0.25) is 0 Å². The third-order valence-electron chi connectivity index (χ3n) is 6.06. The summed E-state index contributed by atoms with van der Waals surface area (Å²) >= 11 is 0. The summed E-state index contributed by atoms with van der Waals surface area (Å²) in [5.74, 6) is 2.86. The average molecular weight is 391 g/mol. The minimum Gasteiger partial charge on any atom is -0.493 e. The first-order valence-corrected chi connectivity index (χ1v) is 10.1. The normalized spacial score (nSPS) is 28.5. The van der Waals surface area contributed by atoms with Gasteiger partial charge in [0, 0.05) is 12.0 Å². The molecule has 0 bridgehead atoms. The molecule has 1 fully saturated rings. The highest BCUT2D eigenvalue weighted by Crippen LogP contribution is 2.58. The lowest BCUT2D eigenvalue weighted by Gasteiger charge is -2.50. The smallest absolute Gasteiger partial charge is 0.203 e. The first-order valence-electron chi connectivity index (χ1n) is 10.1. The molecule has 156 valence electrons. The van der Waals surface area contributed by atoms with Crippen LogP contribution in [0.1, 0.15) is 65.0 Å². The van der Waals surface area contributed by atoms with Gasteiger partial charge < -0.3 is 23.7 Å². The van der Waals surface area contributed by atoms with E-state index in [9.17, 15) is 0 Å². The van der Waals surface area contributed by atoms with Crippen LogP contribution in [0.5, 0.6) is 23.0 Å². The number of benzene rings is 1. The van der Waals surface area contributed by atoms with Crippen LogP contribution in [0.4, 0.5) is 0 Å². The van der Waals surface area contributed by atoms with E-state index in [0.717, 1.165) is 37.0 Å². The maximum atomic E-state index is 6.67. The van der Waals surface area contributed by atoms with E-state index in [-0.39, 0.29) is 23.7 Å². The van der Waals surface area contributed by atoms with E-state index in [1.165, 1.54) is 5.57 Å². The van der Waals surface area contributed by atoms with Crippen molar-refractivity contribution in [3.63, 3.8) is 0 Å². The Morgan fingerprint density at radius 2 is 1.86 bits per heavy atom. The monoisotopic (exact) mass is 390 g/mol. The molecule has 2 heterocycles. The van der Waals surface area contributed by atoms with E-state index in [1.54, 1.807) is 21.3 Å². The van der Waals surface area contributed by atoms with Crippen LogP contribution in [0.15, 0.2) is 17.7 Å². The summed E-state index contributed by atoms with van der Waals surface area (Å²) in [6, 6.07) is 1.91. The minimum absolute atomic E-state index is 0.0843. The highest BCUT2D eigenvalue weighted by molar-refractivity contribution is 5.63. The number of allylic oxidation sites excluding steroid dienone is 2. The van der Waals surface area contributed by atoms with Gasteiger partial charge in [0.25, 0.3) is 0 Å². The quantitative estimate of drug-likeness (QED) is 0.603. The fourth-order valence-corrected chi connectivity index (χ4v) is 4.59. The number of hydrogen-bond donors (Lipinski definition) is 0. The first-order chi connectivity index (χ1) is 13.3. The number of ether oxygens (including phenoxy) is 5. The number of methoxy groups -OCH3 is 3. The highest BCUT2D eigenvalue weighted by Gasteiger charge is 2.51. The molecule has 1 aromatic rings. The molecular weight excluding hydrogens is 356 g/mol. The molecular formula is C23H34O5. The van der Waals surface area contributed by atoms with Gasteiger partial charge in [-0.2, -0.15) is 0 Å². The molecule has 0 unspecified atom stereocenters. The maximum absolute atomic E-state index is 6.67. The zero-order valence-corrected chi connectivity index (χ0v) is 18.3. The van der Waals surface area contributed by atoms with Gasteiger partial charge in [0.1, 0.15) is 11.4 Å². The maximum Gasteiger partial charge on any atom is 0.203 e. The summed E-state index contributed by atoms with van der Waals surface area (Å²) in [5.41, 5.74) is 1.96. The molecule has 0 spiro atoms. The molecule has 0 N–H and O–H groups in total. The summed E-state index contributed by atoms with van der Waals surface area (Å²) in [4.78, 5) is 0. The van der Waals surface area contributed by atoms with Crippen molar-refractivity contribution >= 4 is 0 Å². The zero-order valence-electron chi connectivity index (χ0n) is 18.3. The van der Waals surface area contributed by atoms with E-state index in [1.807, 2.05) is 6.07 Å². The largest absolute Gasteiger partial charge is 0.493 e. The molecule has 0 saturated carbocycles. The lowest BCUT2D eigenvalue weighted by atomic mass is 9.72. The van der Waals surface area contributed by atoms with Crippen LogP contribution in [0, 0.1) is 5.92 Å². The lowest BCUT2D eigenvalue weighted by molar-refractivity contribution is -0.152. The summed E-state index contributed by atoms with van der Waals surface area (Å²) in [6.45, 7) is 8.62. The first kappa shape index (κ1) is 20.8. The van der Waals surface area contributed by atoms with Gasteiger partial charge in [-0.25, -0.2) is 0 Å². The van der Waals surface area contributed by atoms with Gasteiger partial charge in [-0.3, -0.25) is 0 Å². The van der Waals surface area contributed by atoms with Crippen LogP contribution < -0.4 is 18.9 Å². The number of rotatable bonds is 6. The van der Waals surface area contributed by atoms with Crippen LogP contribution in [0.25, 0.3) is 0 Å². The van der Waals surface area contributed by atoms with Crippen molar-refractivity contribution in [1.29, 1.82) is 0 Å². The third-order valence-corrected chi connectivity index (χ3v) is 6.06. The molecule has 2 aliphatic heterocycles.